The van der Waals surface area contributed by atoms with Gasteiger partial charge in [0.25, 0.3) is 0 Å². The third-order valence-corrected chi connectivity index (χ3v) is 7.65. The first-order chi connectivity index (χ1) is 15.5. The zero-order valence-corrected chi connectivity index (χ0v) is 19.6. The number of carbonyl (C=O) groups excluding carboxylic acids is 2. The van der Waals surface area contributed by atoms with Crippen LogP contribution in [0.2, 0.25) is 0 Å². The summed E-state index contributed by atoms with van der Waals surface area (Å²) in [6.07, 6.45) is 1.13. The van der Waals surface area contributed by atoms with E-state index < -0.39 is 24.0 Å². The highest BCUT2D eigenvalue weighted by Gasteiger charge is 2.36. The van der Waals surface area contributed by atoms with E-state index in [4.69, 9.17) is 4.74 Å². The maximum absolute atomic E-state index is 13.2. The Labute approximate surface area is 196 Å². The van der Waals surface area contributed by atoms with Crippen LogP contribution in [0.25, 0.3) is 0 Å². The number of hydrogen-bond acceptors (Lipinski definition) is 7. The fraction of sp³-hybridized carbons (Fsp3) is 0.435. The van der Waals surface area contributed by atoms with E-state index in [1.165, 1.54) is 4.90 Å². The topological polar surface area (TPSA) is 95.9 Å². The highest BCUT2D eigenvalue weighted by atomic mass is 32.2. The van der Waals surface area contributed by atoms with Gasteiger partial charge >= 0.3 is 11.9 Å². The van der Waals surface area contributed by atoms with E-state index in [9.17, 15) is 19.5 Å². The minimum Gasteiger partial charge on any atom is -0.480 e. The van der Waals surface area contributed by atoms with Crippen molar-refractivity contribution in [1.29, 1.82) is 0 Å². The minimum atomic E-state index is -1.06. The van der Waals surface area contributed by atoms with Gasteiger partial charge in [-0.05, 0) is 36.8 Å². The molecule has 2 N–H and O–H groups in total. The molecule has 7 nitrogen and oxygen atoms in total. The van der Waals surface area contributed by atoms with E-state index in [2.05, 4.69) is 5.32 Å². The number of hydrogen-bond donors (Lipinski definition) is 2. The first kappa shape index (κ1) is 24.3. The Kier molecular flexibility index (Phi) is 9.13. The fourth-order valence-electron chi connectivity index (χ4n) is 3.63. The number of amides is 1. The molecule has 172 valence electrons. The Morgan fingerprint density at radius 3 is 2.69 bits per heavy atom. The van der Waals surface area contributed by atoms with Gasteiger partial charge < -0.3 is 14.7 Å². The molecular weight excluding hydrogens is 448 g/mol. The first-order valence-corrected chi connectivity index (χ1v) is 12.5. The van der Waals surface area contributed by atoms with Crippen molar-refractivity contribution < 1.29 is 24.2 Å². The lowest BCUT2D eigenvalue weighted by molar-refractivity contribution is -0.148. The van der Waals surface area contributed by atoms with Crippen molar-refractivity contribution in [2.45, 2.75) is 37.1 Å². The number of aliphatic carboxylic acids is 1. The number of benzene rings is 1. The number of carboxylic acids is 1. The summed E-state index contributed by atoms with van der Waals surface area (Å²) in [5.41, 5.74) is 1.09. The van der Waals surface area contributed by atoms with E-state index in [1.807, 2.05) is 47.8 Å². The smallest absolute Gasteiger partial charge is 0.323 e. The minimum absolute atomic E-state index is 0.00420. The molecule has 32 heavy (non-hydrogen) atoms. The number of thiophene rings is 1. The molecule has 1 unspecified atom stereocenters. The number of thioether (sulfide) groups is 1. The average molecular weight is 477 g/mol. The molecule has 1 aliphatic rings. The van der Waals surface area contributed by atoms with Crippen molar-refractivity contribution >= 4 is 40.9 Å². The SMILES string of the molecule is CCOC(=O)C(CCc1ccccc1)N[C@H]1CS[C@H](c2cccs2)CN(CC(=O)O)C1=O. The van der Waals surface area contributed by atoms with Gasteiger partial charge in [0, 0.05) is 17.2 Å². The van der Waals surface area contributed by atoms with Gasteiger partial charge in [-0.1, -0.05) is 36.4 Å². The van der Waals surface area contributed by atoms with E-state index >= 15 is 0 Å². The molecule has 2 heterocycles. The number of carbonyl (C=O) groups is 3. The zero-order chi connectivity index (χ0) is 22.9. The molecule has 0 bridgehead atoms. The van der Waals surface area contributed by atoms with E-state index in [0.717, 1.165) is 10.4 Å². The Morgan fingerprint density at radius 1 is 1.25 bits per heavy atom. The van der Waals surface area contributed by atoms with Crippen LogP contribution in [0.3, 0.4) is 0 Å². The quantitative estimate of drug-likeness (QED) is 0.509. The molecule has 1 aromatic carbocycles. The van der Waals surface area contributed by atoms with Gasteiger partial charge in [-0.2, -0.15) is 0 Å². The molecular formula is C23H28N2O5S2. The number of rotatable bonds is 10. The molecule has 1 aromatic heterocycles. The van der Waals surface area contributed by atoms with Crippen LogP contribution in [0, 0.1) is 0 Å². The van der Waals surface area contributed by atoms with Gasteiger partial charge in [-0.3, -0.25) is 19.7 Å². The standard InChI is InChI=1S/C23H28N2O5S2/c1-2-30-23(29)17(11-10-16-7-4-3-5-8-16)24-18-15-32-20(19-9-6-12-31-19)13-25(22(18)28)14-21(26)27/h3-9,12,17-18,20,24H,2,10-11,13-15H2,1H3,(H,26,27)/t17?,18-,20-/m0/s1. The molecule has 0 saturated carbocycles. The maximum atomic E-state index is 13.2. The number of nitrogens with zero attached hydrogens (tertiary/aromatic N) is 1. The van der Waals surface area contributed by atoms with Crippen molar-refractivity contribution in [1.82, 2.24) is 10.2 Å². The fourth-order valence-corrected chi connectivity index (χ4v) is 5.89. The monoisotopic (exact) mass is 476 g/mol. The second-order valence-electron chi connectivity index (χ2n) is 7.50. The predicted molar refractivity (Wildman–Crippen MR) is 126 cm³/mol. The van der Waals surface area contributed by atoms with Gasteiger partial charge in [-0.15, -0.1) is 23.1 Å². The van der Waals surface area contributed by atoms with Gasteiger partial charge in [0.15, 0.2) is 0 Å². The van der Waals surface area contributed by atoms with Crippen molar-refractivity contribution in [3.05, 3.63) is 58.3 Å². The molecule has 3 rings (SSSR count). The normalized spacial score (nSPS) is 19.9. The van der Waals surface area contributed by atoms with Gasteiger partial charge in [0.05, 0.1) is 17.9 Å². The van der Waals surface area contributed by atoms with Gasteiger partial charge in [0.1, 0.15) is 12.6 Å². The second kappa shape index (κ2) is 12.0. The maximum Gasteiger partial charge on any atom is 0.323 e. The first-order valence-electron chi connectivity index (χ1n) is 10.6. The Hall–Kier alpha value is -2.36. The summed E-state index contributed by atoms with van der Waals surface area (Å²) >= 11 is 3.20. The number of aryl methyl sites for hydroxylation is 1. The zero-order valence-electron chi connectivity index (χ0n) is 17.9. The van der Waals surface area contributed by atoms with Crippen LogP contribution in [0.4, 0.5) is 0 Å². The van der Waals surface area contributed by atoms with Gasteiger partial charge in [-0.25, -0.2) is 0 Å². The van der Waals surface area contributed by atoms with Crippen LogP contribution >= 0.6 is 23.1 Å². The summed E-state index contributed by atoms with van der Waals surface area (Å²) in [5.74, 6) is -1.31. The lowest BCUT2D eigenvalue weighted by Gasteiger charge is -2.26. The molecule has 1 amide bonds. The van der Waals surface area contributed by atoms with Crippen LogP contribution in [0.1, 0.15) is 29.0 Å². The molecule has 0 aliphatic carbocycles. The third kappa shape index (κ3) is 6.82. The molecule has 0 spiro atoms. The van der Waals surface area contributed by atoms with Crippen molar-refractivity contribution in [2.24, 2.45) is 0 Å². The largest absolute Gasteiger partial charge is 0.480 e. The number of carboxylic acid groups (broad SMARTS) is 1. The van der Waals surface area contributed by atoms with Crippen LogP contribution in [0.15, 0.2) is 47.8 Å². The number of esters is 1. The summed E-state index contributed by atoms with van der Waals surface area (Å²) in [6, 6.07) is 12.4. The molecule has 9 heteroatoms. The Morgan fingerprint density at radius 2 is 2.03 bits per heavy atom. The van der Waals surface area contributed by atoms with Crippen LogP contribution in [-0.2, 0) is 25.5 Å². The number of nitrogens with one attached hydrogen (secondary N) is 1. The summed E-state index contributed by atoms with van der Waals surface area (Å²) in [4.78, 5) is 39.7. The van der Waals surface area contributed by atoms with E-state index in [1.54, 1.807) is 30.0 Å². The molecule has 3 atom stereocenters. The molecule has 1 aliphatic heterocycles. The van der Waals surface area contributed by atoms with E-state index in [-0.39, 0.29) is 24.3 Å². The Bertz CT molecular complexity index is 891. The highest BCUT2D eigenvalue weighted by molar-refractivity contribution is 7.99. The second-order valence-corrected chi connectivity index (χ2v) is 9.71. The van der Waals surface area contributed by atoms with Crippen molar-refractivity contribution in [3.8, 4) is 0 Å². The molecule has 1 fully saturated rings. The van der Waals surface area contributed by atoms with Gasteiger partial charge in [0.2, 0.25) is 5.91 Å². The average Bonchev–Trinajstić information content (AvgIpc) is 3.27. The third-order valence-electron chi connectivity index (χ3n) is 5.18. The summed E-state index contributed by atoms with van der Waals surface area (Å²) < 4.78 is 5.25. The van der Waals surface area contributed by atoms with Crippen LogP contribution in [0.5, 0.6) is 0 Å². The van der Waals surface area contributed by atoms with Crippen LogP contribution in [-0.4, -0.2) is 65.4 Å². The molecule has 2 aromatic rings. The molecule has 1 saturated heterocycles. The van der Waals surface area contributed by atoms with Crippen molar-refractivity contribution in [3.63, 3.8) is 0 Å². The van der Waals surface area contributed by atoms with E-state index in [0.29, 0.717) is 25.1 Å². The summed E-state index contributed by atoms with van der Waals surface area (Å²) in [5, 5.41) is 14.5. The van der Waals surface area contributed by atoms with Crippen LogP contribution < -0.4 is 5.32 Å². The predicted octanol–water partition coefficient (Wildman–Crippen LogP) is 2.97. The molecule has 0 radical (unpaired) electrons. The summed E-state index contributed by atoms with van der Waals surface area (Å²) in [7, 11) is 0. The van der Waals surface area contributed by atoms with Crippen molar-refractivity contribution in [2.75, 3.05) is 25.4 Å². The lowest BCUT2D eigenvalue weighted by atomic mass is 10.0. The summed E-state index contributed by atoms with van der Waals surface area (Å²) in [6.45, 7) is 1.95. The number of ether oxygens (including phenoxy) is 1. The highest BCUT2D eigenvalue weighted by Crippen LogP contribution is 2.35. The Balaban J connectivity index is 1.75. The lowest BCUT2D eigenvalue weighted by Crippen LogP contribution is -2.53.